The Bertz CT molecular complexity index is 1070. The second-order valence-electron chi connectivity index (χ2n) is 7.76. The van der Waals surface area contributed by atoms with Gasteiger partial charge in [0.2, 0.25) is 0 Å². The number of para-hydroxylation sites is 1. The molecule has 1 saturated heterocycles. The molecule has 3 aromatic rings. The molecule has 0 saturated carbocycles. The lowest BCUT2D eigenvalue weighted by atomic mass is 9.95. The Balaban J connectivity index is 1.64. The Kier molecular flexibility index (Phi) is 5.79. The molecule has 0 aliphatic carbocycles. The van der Waals surface area contributed by atoms with Crippen LogP contribution in [0.1, 0.15) is 35.7 Å². The molecule has 2 heterocycles. The standard InChI is InChI=1S/C25H26N2O3/c1-3-30-25(29)19-12-14-27(15-13-19)24(28)21-16-23(18-10-8-17(2)9-11-18)26-22-7-5-4-6-20(21)22/h4-11,16,19H,3,12-15H2,1-2H3. The highest BCUT2D eigenvalue weighted by Crippen LogP contribution is 2.28. The van der Waals surface area contributed by atoms with Crippen LogP contribution in [0, 0.1) is 12.8 Å². The molecule has 0 bridgehead atoms. The van der Waals surface area contributed by atoms with Gasteiger partial charge in [-0.2, -0.15) is 0 Å². The number of hydrogen-bond donors (Lipinski definition) is 0. The predicted molar refractivity (Wildman–Crippen MR) is 117 cm³/mol. The number of ether oxygens (including phenoxy) is 1. The number of rotatable bonds is 4. The lowest BCUT2D eigenvalue weighted by molar-refractivity contribution is -0.149. The van der Waals surface area contributed by atoms with E-state index in [2.05, 4.69) is 0 Å². The first-order chi connectivity index (χ1) is 14.6. The second kappa shape index (κ2) is 8.66. The Morgan fingerprint density at radius 2 is 1.77 bits per heavy atom. The van der Waals surface area contributed by atoms with Gasteiger partial charge in [-0.05, 0) is 38.8 Å². The van der Waals surface area contributed by atoms with Crippen molar-refractivity contribution in [3.63, 3.8) is 0 Å². The third kappa shape index (κ3) is 4.06. The Hall–Kier alpha value is -3.21. The minimum Gasteiger partial charge on any atom is -0.466 e. The van der Waals surface area contributed by atoms with E-state index in [4.69, 9.17) is 9.72 Å². The average molecular weight is 402 g/mol. The number of nitrogens with zero attached hydrogens (tertiary/aromatic N) is 2. The van der Waals surface area contributed by atoms with E-state index < -0.39 is 0 Å². The van der Waals surface area contributed by atoms with Crippen molar-refractivity contribution in [2.24, 2.45) is 5.92 Å². The third-order valence-electron chi connectivity index (χ3n) is 5.70. The van der Waals surface area contributed by atoms with Gasteiger partial charge in [0.05, 0.1) is 29.3 Å². The van der Waals surface area contributed by atoms with Gasteiger partial charge < -0.3 is 9.64 Å². The van der Waals surface area contributed by atoms with Crippen LogP contribution in [-0.4, -0.2) is 41.5 Å². The Morgan fingerprint density at radius 1 is 1.07 bits per heavy atom. The molecular formula is C25H26N2O3. The molecule has 0 spiro atoms. The number of likely N-dealkylation sites (tertiary alicyclic amines) is 1. The SMILES string of the molecule is CCOC(=O)C1CCN(C(=O)c2cc(-c3ccc(C)cc3)nc3ccccc23)CC1. The normalized spacial score (nSPS) is 14.7. The number of aromatic nitrogens is 1. The van der Waals surface area contributed by atoms with E-state index in [0.29, 0.717) is 38.1 Å². The zero-order chi connectivity index (χ0) is 21.1. The molecule has 5 heteroatoms. The lowest BCUT2D eigenvalue weighted by Crippen LogP contribution is -2.40. The summed E-state index contributed by atoms with van der Waals surface area (Å²) in [5.74, 6) is -0.281. The molecule has 1 aromatic heterocycles. The highest BCUT2D eigenvalue weighted by molar-refractivity contribution is 6.07. The highest BCUT2D eigenvalue weighted by atomic mass is 16.5. The van der Waals surface area contributed by atoms with Crippen molar-refractivity contribution in [3.05, 3.63) is 65.7 Å². The quantitative estimate of drug-likeness (QED) is 0.597. The van der Waals surface area contributed by atoms with Gasteiger partial charge in [-0.25, -0.2) is 4.98 Å². The number of aryl methyl sites for hydroxylation is 1. The van der Waals surface area contributed by atoms with Gasteiger partial charge in [-0.15, -0.1) is 0 Å². The molecule has 30 heavy (non-hydrogen) atoms. The van der Waals surface area contributed by atoms with Gasteiger partial charge in [0.1, 0.15) is 0 Å². The molecule has 4 rings (SSSR count). The molecule has 154 valence electrons. The maximum absolute atomic E-state index is 13.4. The molecule has 1 fully saturated rings. The maximum atomic E-state index is 13.4. The van der Waals surface area contributed by atoms with Crippen LogP contribution in [-0.2, 0) is 9.53 Å². The number of amides is 1. The predicted octanol–water partition coefficient (Wildman–Crippen LogP) is 4.63. The summed E-state index contributed by atoms with van der Waals surface area (Å²) >= 11 is 0. The van der Waals surface area contributed by atoms with Crippen LogP contribution in [0.5, 0.6) is 0 Å². The second-order valence-corrected chi connectivity index (χ2v) is 7.76. The molecule has 5 nitrogen and oxygen atoms in total. The summed E-state index contributed by atoms with van der Waals surface area (Å²) in [6, 6.07) is 17.8. The lowest BCUT2D eigenvalue weighted by Gasteiger charge is -2.31. The van der Waals surface area contributed by atoms with E-state index in [9.17, 15) is 9.59 Å². The highest BCUT2D eigenvalue weighted by Gasteiger charge is 2.29. The van der Waals surface area contributed by atoms with Crippen molar-refractivity contribution in [2.45, 2.75) is 26.7 Å². The van der Waals surface area contributed by atoms with Crippen LogP contribution in [0.2, 0.25) is 0 Å². The van der Waals surface area contributed by atoms with Gasteiger partial charge in [-0.3, -0.25) is 9.59 Å². The molecule has 1 amide bonds. The minimum atomic E-state index is -0.152. The van der Waals surface area contributed by atoms with E-state index in [1.807, 2.05) is 73.3 Å². The van der Waals surface area contributed by atoms with Crippen LogP contribution in [0.4, 0.5) is 0 Å². The topological polar surface area (TPSA) is 59.5 Å². The smallest absolute Gasteiger partial charge is 0.309 e. The molecule has 0 atom stereocenters. The summed E-state index contributed by atoms with van der Waals surface area (Å²) in [4.78, 5) is 32.1. The van der Waals surface area contributed by atoms with E-state index in [-0.39, 0.29) is 17.8 Å². The van der Waals surface area contributed by atoms with Gasteiger partial charge in [0, 0.05) is 24.0 Å². The summed E-state index contributed by atoms with van der Waals surface area (Å²) in [6.07, 6.45) is 1.27. The number of carbonyl (C=O) groups excluding carboxylic acids is 2. The van der Waals surface area contributed by atoms with Gasteiger partial charge in [0.15, 0.2) is 0 Å². The van der Waals surface area contributed by atoms with Crippen molar-refractivity contribution in [1.82, 2.24) is 9.88 Å². The molecule has 0 radical (unpaired) electrons. The van der Waals surface area contributed by atoms with Crippen molar-refractivity contribution in [1.29, 1.82) is 0 Å². The number of carbonyl (C=O) groups is 2. The third-order valence-corrected chi connectivity index (χ3v) is 5.70. The maximum Gasteiger partial charge on any atom is 0.309 e. The van der Waals surface area contributed by atoms with Crippen LogP contribution in [0.25, 0.3) is 22.2 Å². The summed E-state index contributed by atoms with van der Waals surface area (Å²) in [5.41, 5.74) is 4.42. The van der Waals surface area contributed by atoms with Gasteiger partial charge in [0.25, 0.3) is 5.91 Å². The summed E-state index contributed by atoms with van der Waals surface area (Å²) in [6.45, 7) is 5.36. The first-order valence-corrected chi connectivity index (χ1v) is 10.5. The summed E-state index contributed by atoms with van der Waals surface area (Å²) in [7, 11) is 0. The average Bonchev–Trinajstić information content (AvgIpc) is 2.78. The fourth-order valence-corrected chi connectivity index (χ4v) is 3.97. The monoisotopic (exact) mass is 402 g/mol. The van der Waals surface area contributed by atoms with E-state index in [1.165, 1.54) is 5.56 Å². The van der Waals surface area contributed by atoms with Gasteiger partial charge in [-0.1, -0.05) is 48.0 Å². The van der Waals surface area contributed by atoms with Crippen LogP contribution in [0.3, 0.4) is 0 Å². The molecule has 1 aliphatic heterocycles. The van der Waals surface area contributed by atoms with Crippen LogP contribution in [0.15, 0.2) is 54.6 Å². The van der Waals surface area contributed by atoms with Crippen molar-refractivity contribution in [2.75, 3.05) is 19.7 Å². The first kappa shape index (κ1) is 20.1. The molecule has 0 N–H and O–H groups in total. The molecule has 2 aromatic carbocycles. The molecular weight excluding hydrogens is 376 g/mol. The zero-order valence-corrected chi connectivity index (χ0v) is 17.4. The molecule has 1 aliphatic rings. The fraction of sp³-hybridized carbons (Fsp3) is 0.320. The van der Waals surface area contributed by atoms with Crippen LogP contribution >= 0.6 is 0 Å². The Morgan fingerprint density at radius 3 is 2.47 bits per heavy atom. The van der Waals surface area contributed by atoms with E-state index in [0.717, 1.165) is 22.2 Å². The summed E-state index contributed by atoms with van der Waals surface area (Å²) in [5, 5.41) is 0.853. The fourth-order valence-electron chi connectivity index (χ4n) is 3.97. The van der Waals surface area contributed by atoms with E-state index in [1.54, 1.807) is 0 Å². The number of esters is 1. The summed E-state index contributed by atoms with van der Waals surface area (Å²) < 4.78 is 5.14. The number of pyridine rings is 1. The number of hydrogen-bond acceptors (Lipinski definition) is 4. The Labute approximate surface area is 176 Å². The number of fused-ring (bicyclic) bond motifs is 1. The molecule has 0 unspecified atom stereocenters. The van der Waals surface area contributed by atoms with Crippen molar-refractivity contribution < 1.29 is 14.3 Å². The number of benzene rings is 2. The number of piperidine rings is 1. The van der Waals surface area contributed by atoms with E-state index >= 15 is 0 Å². The van der Waals surface area contributed by atoms with Crippen molar-refractivity contribution in [3.8, 4) is 11.3 Å². The largest absolute Gasteiger partial charge is 0.466 e. The van der Waals surface area contributed by atoms with Crippen LogP contribution < -0.4 is 0 Å². The first-order valence-electron chi connectivity index (χ1n) is 10.5. The van der Waals surface area contributed by atoms with Gasteiger partial charge >= 0.3 is 5.97 Å². The zero-order valence-electron chi connectivity index (χ0n) is 17.4. The minimum absolute atomic E-state index is 0.00993. The van der Waals surface area contributed by atoms with Crippen molar-refractivity contribution >= 4 is 22.8 Å².